The molecule has 0 aromatic carbocycles. The van der Waals surface area contributed by atoms with Crippen LogP contribution in [0.5, 0.6) is 0 Å². The van der Waals surface area contributed by atoms with Gasteiger partial charge >= 0.3 is 6.09 Å². The second-order valence-corrected chi connectivity index (χ2v) is 5.95. The molecule has 0 saturated carbocycles. The topological polar surface area (TPSA) is 64.8 Å². The third-order valence-electron chi connectivity index (χ3n) is 3.49. The number of carbonyl (C=O) groups is 1. The Labute approximate surface area is 102 Å². The molecule has 2 saturated heterocycles. The summed E-state index contributed by atoms with van der Waals surface area (Å²) in [4.78, 5) is 13.6. The molecule has 2 aliphatic rings. The lowest BCUT2D eigenvalue weighted by molar-refractivity contribution is -0.188. The van der Waals surface area contributed by atoms with Crippen LogP contribution in [0, 0.1) is 0 Å². The number of nitrogens with two attached hydrogens (primary N) is 1. The van der Waals surface area contributed by atoms with Crippen molar-refractivity contribution in [1.82, 2.24) is 4.90 Å². The van der Waals surface area contributed by atoms with Crippen LogP contribution in [-0.4, -0.2) is 47.9 Å². The molecule has 2 fully saturated rings. The molecule has 98 valence electrons. The third kappa shape index (κ3) is 2.55. The Morgan fingerprint density at radius 3 is 2.35 bits per heavy atom. The van der Waals surface area contributed by atoms with E-state index in [1.54, 1.807) is 4.90 Å². The Morgan fingerprint density at radius 2 is 2.00 bits per heavy atom. The Kier molecular flexibility index (Phi) is 3.08. The molecule has 2 aliphatic heterocycles. The minimum atomic E-state index is -0.435. The van der Waals surface area contributed by atoms with Crippen LogP contribution >= 0.6 is 0 Å². The first kappa shape index (κ1) is 12.6. The molecule has 2 rings (SSSR count). The molecule has 0 aliphatic carbocycles. The fourth-order valence-electron chi connectivity index (χ4n) is 2.32. The Balaban J connectivity index is 1.85. The second kappa shape index (κ2) is 4.14. The summed E-state index contributed by atoms with van der Waals surface area (Å²) in [7, 11) is 0. The zero-order valence-electron chi connectivity index (χ0n) is 10.9. The number of carbonyl (C=O) groups excluding carboxylic acids is 1. The van der Waals surface area contributed by atoms with Crippen molar-refractivity contribution in [2.45, 2.75) is 50.9 Å². The van der Waals surface area contributed by atoms with Gasteiger partial charge in [0.15, 0.2) is 0 Å². The van der Waals surface area contributed by atoms with Crippen LogP contribution in [0.2, 0.25) is 0 Å². The van der Waals surface area contributed by atoms with Gasteiger partial charge in [0.2, 0.25) is 0 Å². The van der Waals surface area contributed by atoms with Gasteiger partial charge in [-0.3, -0.25) is 0 Å². The quantitative estimate of drug-likeness (QED) is 0.691. The fraction of sp³-hybridized carbons (Fsp3) is 0.917. The summed E-state index contributed by atoms with van der Waals surface area (Å²) < 4.78 is 10.9. The van der Waals surface area contributed by atoms with E-state index in [9.17, 15) is 4.79 Å². The summed E-state index contributed by atoms with van der Waals surface area (Å²) in [6.45, 7) is 7.61. The van der Waals surface area contributed by atoms with E-state index >= 15 is 0 Å². The molecule has 1 atom stereocenters. The Bertz CT molecular complexity index is 303. The van der Waals surface area contributed by atoms with Gasteiger partial charge in [-0.05, 0) is 33.6 Å². The van der Waals surface area contributed by atoms with Crippen LogP contribution in [0.25, 0.3) is 0 Å². The summed E-state index contributed by atoms with van der Waals surface area (Å²) in [6, 6.07) is 0.128. The molecule has 2 heterocycles. The number of rotatable bonds is 0. The van der Waals surface area contributed by atoms with Crippen molar-refractivity contribution in [3.63, 3.8) is 0 Å². The molecule has 1 spiro atoms. The van der Waals surface area contributed by atoms with Crippen molar-refractivity contribution in [3.05, 3.63) is 0 Å². The van der Waals surface area contributed by atoms with Crippen molar-refractivity contribution < 1.29 is 14.3 Å². The molecule has 0 aromatic heterocycles. The Hall–Kier alpha value is -0.810. The number of amides is 1. The van der Waals surface area contributed by atoms with E-state index in [1.807, 2.05) is 20.8 Å². The second-order valence-electron chi connectivity index (χ2n) is 5.95. The molecule has 0 radical (unpaired) electrons. The third-order valence-corrected chi connectivity index (χ3v) is 3.49. The highest BCUT2D eigenvalue weighted by molar-refractivity contribution is 5.68. The lowest BCUT2D eigenvalue weighted by Gasteiger charge is -2.51. The smallest absolute Gasteiger partial charge is 0.410 e. The zero-order chi connectivity index (χ0) is 12.7. The molecular weight excluding hydrogens is 220 g/mol. The highest BCUT2D eigenvalue weighted by atomic mass is 16.6. The number of nitrogens with zero attached hydrogens (tertiary/aromatic N) is 1. The van der Waals surface area contributed by atoms with Crippen LogP contribution in [0.3, 0.4) is 0 Å². The van der Waals surface area contributed by atoms with E-state index in [1.165, 1.54) is 0 Å². The van der Waals surface area contributed by atoms with E-state index in [4.69, 9.17) is 15.2 Å². The lowest BCUT2D eigenvalue weighted by Crippen LogP contribution is -2.66. The maximum Gasteiger partial charge on any atom is 0.410 e. The summed E-state index contributed by atoms with van der Waals surface area (Å²) in [6.07, 6.45) is 1.39. The highest BCUT2D eigenvalue weighted by Crippen LogP contribution is 2.36. The van der Waals surface area contributed by atoms with Crippen LogP contribution in [0.1, 0.15) is 33.6 Å². The van der Waals surface area contributed by atoms with Gasteiger partial charge in [-0.15, -0.1) is 0 Å². The van der Waals surface area contributed by atoms with E-state index in [2.05, 4.69) is 0 Å². The first-order valence-electron chi connectivity index (χ1n) is 6.20. The van der Waals surface area contributed by atoms with Gasteiger partial charge in [0.05, 0.1) is 18.2 Å². The minimum absolute atomic E-state index is 0.128. The van der Waals surface area contributed by atoms with Gasteiger partial charge in [-0.25, -0.2) is 4.79 Å². The summed E-state index contributed by atoms with van der Waals surface area (Å²) >= 11 is 0. The average Bonchev–Trinajstić information content (AvgIpc) is 2.25. The largest absolute Gasteiger partial charge is 0.444 e. The van der Waals surface area contributed by atoms with Gasteiger partial charge in [0.1, 0.15) is 5.60 Å². The SMILES string of the molecule is CC(C)(C)OC(=O)N1CCC2(CC1)OC[C@@H]2N. The summed E-state index contributed by atoms with van der Waals surface area (Å²) in [5, 5.41) is 0. The lowest BCUT2D eigenvalue weighted by atomic mass is 9.81. The molecule has 2 N–H and O–H groups in total. The van der Waals surface area contributed by atoms with Crippen LogP contribution in [0.15, 0.2) is 0 Å². The molecule has 0 unspecified atom stereocenters. The normalized spacial score (nSPS) is 27.8. The van der Waals surface area contributed by atoms with Gasteiger partial charge < -0.3 is 20.1 Å². The van der Waals surface area contributed by atoms with E-state index in [0.29, 0.717) is 19.7 Å². The fourth-order valence-corrected chi connectivity index (χ4v) is 2.32. The van der Waals surface area contributed by atoms with Crippen LogP contribution in [-0.2, 0) is 9.47 Å². The number of hydrogen-bond acceptors (Lipinski definition) is 4. The minimum Gasteiger partial charge on any atom is -0.444 e. The van der Waals surface area contributed by atoms with Crippen LogP contribution < -0.4 is 5.73 Å². The molecule has 0 aromatic rings. The van der Waals surface area contributed by atoms with Gasteiger partial charge in [0.25, 0.3) is 0 Å². The maximum atomic E-state index is 11.8. The van der Waals surface area contributed by atoms with Crippen molar-refractivity contribution in [2.24, 2.45) is 5.73 Å². The predicted octanol–water partition coefficient (Wildman–Crippen LogP) is 1.11. The monoisotopic (exact) mass is 242 g/mol. The van der Waals surface area contributed by atoms with Gasteiger partial charge in [-0.1, -0.05) is 0 Å². The van der Waals surface area contributed by atoms with Crippen molar-refractivity contribution in [2.75, 3.05) is 19.7 Å². The average molecular weight is 242 g/mol. The van der Waals surface area contributed by atoms with E-state index in [-0.39, 0.29) is 17.7 Å². The molecule has 17 heavy (non-hydrogen) atoms. The molecule has 0 bridgehead atoms. The molecule has 5 heteroatoms. The number of piperidine rings is 1. The van der Waals surface area contributed by atoms with E-state index < -0.39 is 5.60 Å². The zero-order valence-corrected chi connectivity index (χ0v) is 10.9. The predicted molar refractivity (Wildman–Crippen MR) is 63.7 cm³/mol. The molecule has 5 nitrogen and oxygen atoms in total. The molecular formula is C12H22N2O3. The van der Waals surface area contributed by atoms with Crippen molar-refractivity contribution >= 4 is 6.09 Å². The number of hydrogen-bond donors (Lipinski definition) is 1. The van der Waals surface area contributed by atoms with Crippen molar-refractivity contribution in [3.8, 4) is 0 Å². The summed E-state index contributed by atoms with van der Waals surface area (Å²) in [5.74, 6) is 0. The number of likely N-dealkylation sites (tertiary alicyclic amines) is 1. The van der Waals surface area contributed by atoms with Gasteiger partial charge in [0, 0.05) is 13.1 Å². The standard InChI is InChI=1S/C12H22N2O3/c1-11(2,3)17-10(15)14-6-4-12(5-7-14)9(13)8-16-12/h9H,4-8,13H2,1-3H3/t9-/m0/s1. The highest BCUT2D eigenvalue weighted by Gasteiger charge is 2.48. The Morgan fingerprint density at radius 1 is 1.41 bits per heavy atom. The molecule has 1 amide bonds. The van der Waals surface area contributed by atoms with Gasteiger partial charge in [-0.2, -0.15) is 0 Å². The first-order chi connectivity index (χ1) is 7.82. The van der Waals surface area contributed by atoms with E-state index in [0.717, 1.165) is 12.8 Å². The first-order valence-corrected chi connectivity index (χ1v) is 6.20. The summed E-state index contributed by atoms with van der Waals surface area (Å²) in [5.41, 5.74) is 5.35. The number of ether oxygens (including phenoxy) is 2. The maximum absolute atomic E-state index is 11.8. The van der Waals surface area contributed by atoms with Crippen molar-refractivity contribution in [1.29, 1.82) is 0 Å². The van der Waals surface area contributed by atoms with Crippen LogP contribution in [0.4, 0.5) is 4.79 Å².